The SMILES string of the molecule is CCCC(C)C1=Cc2c(-c3ccc([Si](C)(C)C)cc3)cccc2[CH]1[Zr]([Cl])([Cl])([CH]1C(CC)=Cc2c(-c3ccc([Si](C)(C)C)cc3)cccc21)[SiH](C)C. The molecule has 0 aliphatic heterocycles. The quantitative estimate of drug-likeness (QED) is 0.132. The molecule has 0 heterocycles. The summed E-state index contributed by atoms with van der Waals surface area (Å²) in [5, 5.41) is 2.99. The summed E-state index contributed by atoms with van der Waals surface area (Å²) in [4.78, 5) is 0. The summed E-state index contributed by atoms with van der Waals surface area (Å²) in [5.74, 6) is -1.24. The molecule has 0 radical (unpaired) electrons. The van der Waals surface area contributed by atoms with Gasteiger partial charge in [-0.1, -0.05) is 0 Å². The fourth-order valence-corrected chi connectivity index (χ4v) is 43.0. The Labute approximate surface area is 320 Å². The third-order valence-electron chi connectivity index (χ3n) is 12.3. The van der Waals surface area contributed by atoms with Crippen LogP contribution in [0.1, 0.15) is 69.5 Å². The van der Waals surface area contributed by atoms with Crippen LogP contribution in [0.15, 0.2) is 96.1 Å². The Morgan fingerprint density at radius 2 is 1.10 bits per heavy atom. The van der Waals surface area contributed by atoms with Crippen molar-refractivity contribution in [2.75, 3.05) is 0 Å². The standard InChI is InChI=1S/C23H29Si.C20H23Si.C2H7Si.2ClH.Zr/c1-6-8-17(2)20-15-19-9-7-10-22(23(19)16-20)18-11-13-21(14-12-18)24(3,4)5;1-5-15-13-17-7-6-8-19(20(17)14-15)16-9-11-18(12-10-16)21(2,3)4;1-3-2;;;/h7,9-17H,6,8H2,1-5H3;6-14H,5H2,1-4H3;3H,1-2H3;2*1H;/q;;;;;+2/p-2. The van der Waals surface area contributed by atoms with Gasteiger partial charge in [0.25, 0.3) is 0 Å². The van der Waals surface area contributed by atoms with E-state index >= 15 is 0 Å². The van der Waals surface area contributed by atoms with Gasteiger partial charge in [-0.2, -0.15) is 0 Å². The average Bonchev–Trinajstić information content (AvgIpc) is 3.68. The van der Waals surface area contributed by atoms with E-state index in [4.69, 9.17) is 17.0 Å². The molecular formula is C45H59Cl2Si3Zr. The van der Waals surface area contributed by atoms with Crippen LogP contribution in [0.25, 0.3) is 34.4 Å². The van der Waals surface area contributed by atoms with Crippen molar-refractivity contribution in [2.24, 2.45) is 5.92 Å². The molecule has 0 bridgehead atoms. The zero-order valence-electron chi connectivity index (χ0n) is 32.9. The first-order chi connectivity index (χ1) is 23.9. The van der Waals surface area contributed by atoms with Gasteiger partial charge >= 0.3 is 323 Å². The molecule has 269 valence electrons. The van der Waals surface area contributed by atoms with E-state index in [0.29, 0.717) is 5.92 Å². The number of hydrogen-bond acceptors (Lipinski definition) is 0. The fraction of sp³-hybridized carbons (Fsp3) is 0.378. The summed E-state index contributed by atoms with van der Waals surface area (Å²) in [6.45, 7) is 26.6. The summed E-state index contributed by atoms with van der Waals surface area (Å²) in [6.07, 6.45) is 8.31. The van der Waals surface area contributed by atoms with Crippen LogP contribution in [0, 0.1) is 5.92 Å². The van der Waals surface area contributed by atoms with E-state index in [1.807, 2.05) is 0 Å². The molecule has 3 atom stereocenters. The van der Waals surface area contributed by atoms with E-state index < -0.39 is 37.6 Å². The van der Waals surface area contributed by atoms with Gasteiger partial charge in [0.1, 0.15) is 0 Å². The zero-order valence-corrected chi connectivity index (χ0v) is 40.0. The van der Waals surface area contributed by atoms with Gasteiger partial charge in [-0.25, -0.2) is 0 Å². The topological polar surface area (TPSA) is 0 Å². The molecule has 2 aliphatic carbocycles. The molecule has 0 spiro atoms. The van der Waals surface area contributed by atoms with Gasteiger partial charge in [0.05, 0.1) is 0 Å². The van der Waals surface area contributed by atoms with E-state index in [0.717, 1.165) is 19.3 Å². The molecular weight excluding hydrogens is 787 g/mol. The Morgan fingerprint density at radius 3 is 1.51 bits per heavy atom. The first-order valence-electron chi connectivity index (χ1n) is 19.4. The maximum absolute atomic E-state index is 8.81. The predicted octanol–water partition coefficient (Wildman–Crippen LogP) is 13.5. The Bertz CT molecular complexity index is 1990. The van der Waals surface area contributed by atoms with E-state index in [9.17, 15) is 0 Å². The second-order valence-electron chi connectivity index (χ2n) is 17.9. The van der Waals surface area contributed by atoms with Crippen molar-refractivity contribution in [1.29, 1.82) is 0 Å². The van der Waals surface area contributed by atoms with Crippen molar-refractivity contribution in [3.05, 3.63) is 118 Å². The molecule has 0 fully saturated rings. The fourth-order valence-electron chi connectivity index (χ4n) is 9.13. The molecule has 6 heteroatoms. The van der Waals surface area contributed by atoms with Crippen LogP contribution >= 0.6 is 17.0 Å². The van der Waals surface area contributed by atoms with Crippen LogP contribution in [0.2, 0.25) is 52.4 Å². The normalized spacial score (nSPS) is 18.9. The number of rotatable bonds is 11. The molecule has 0 saturated heterocycles. The third kappa shape index (κ3) is 6.87. The van der Waals surface area contributed by atoms with Gasteiger partial charge < -0.3 is 0 Å². The van der Waals surface area contributed by atoms with Crippen LogP contribution in [0.4, 0.5) is 0 Å². The van der Waals surface area contributed by atoms with Gasteiger partial charge in [-0.15, -0.1) is 0 Å². The molecule has 51 heavy (non-hydrogen) atoms. The van der Waals surface area contributed by atoms with E-state index in [2.05, 4.69) is 170 Å². The third-order valence-corrected chi connectivity index (χ3v) is 68.2. The number of halogens is 2. The van der Waals surface area contributed by atoms with E-state index in [1.165, 1.54) is 66.0 Å². The van der Waals surface area contributed by atoms with Crippen LogP contribution in [0.5, 0.6) is 0 Å². The summed E-state index contributed by atoms with van der Waals surface area (Å²) in [7, 11) is 14.8. The number of benzene rings is 4. The van der Waals surface area contributed by atoms with Crippen molar-refractivity contribution >= 4 is 61.6 Å². The maximum atomic E-state index is 8.81. The predicted molar refractivity (Wildman–Crippen MR) is 236 cm³/mol. The van der Waals surface area contributed by atoms with Crippen molar-refractivity contribution in [1.82, 2.24) is 0 Å². The first kappa shape index (κ1) is 39.2. The number of hydrogen-bond donors (Lipinski definition) is 0. The monoisotopic (exact) mass is 843 g/mol. The Hall–Kier alpha value is -1.53. The molecule has 4 aromatic rings. The second kappa shape index (κ2) is 14.3. The van der Waals surface area contributed by atoms with Crippen molar-refractivity contribution in [2.45, 2.75) is 99.7 Å². The second-order valence-corrected chi connectivity index (χ2v) is 70.6. The van der Waals surface area contributed by atoms with Crippen LogP contribution in [-0.2, 0) is 15.6 Å². The minimum absolute atomic E-state index is 0.102. The van der Waals surface area contributed by atoms with Crippen molar-refractivity contribution in [3.8, 4) is 22.3 Å². The van der Waals surface area contributed by atoms with Crippen molar-refractivity contribution in [3.63, 3.8) is 0 Å². The summed E-state index contributed by atoms with van der Waals surface area (Å²) >= 11 is -4.89. The Balaban J connectivity index is 1.55. The zero-order chi connectivity index (χ0) is 37.1. The van der Waals surface area contributed by atoms with Crippen molar-refractivity contribution < 1.29 is 15.6 Å². The van der Waals surface area contributed by atoms with Crippen LogP contribution < -0.4 is 10.4 Å². The molecule has 0 amide bonds. The Kier molecular flexibility index (Phi) is 11.0. The molecule has 0 saturated carbocycles. The van der Waals surface area contributed by atoms with Gasteiger partial charge in [0.2, 0.25) is 0 Å². The molecule has 4 aromatic carbocycles. The van der Waals surface area contributed by atoms with E-state index in [1.54, 1.807) is 0 Å². The molecule has 6 rings (SSSR count). The van der Waals surface area contributed by atoms with Gasteiger partial charge in [0.15, 0.2) is 0 Å². The summed E-state index contributed by atoms with van der Waals surface area (Å²) in [6, 6.07) is 32.8. The van der Waals surface area contributed by atoms with Gasteiger partial charge in [-0.05, 0) is 0 Å². The molecule has 0 aromatic heterocycles. The molecule has 2 aliphatic rings. The molecule has 0 nitrogen and oxygen atoms in total. The summed E-state index contributed by atoms with van der Waals surface area (Å²) in [5.41, 5.74) is 13.6. The van der Waals surface area contributed by atoms with Gasteiger partial charge in [-0.3, -0.25) is 0 Å². The number of fused-ring (bicyclic) bond motifs is 2. The molecule has 0 N–H and O–H groups in total. The first-order valence-corrected chi connectivity index (χ1v) is 42.7. The summed E-state index contributed by atoms with van der Waals surface area (Å²) < 4.78 is 0.209. The number of allylic oxidation sites excluding steroid dienone is 2. The van der Waals surface area contributed by atoms with Crippen LogP contribution in [-0.4, -0.2) is 22.1 Å². The molecule has 3 unspecified atom stereocenters. The average molecular weight is 846 g/mol. The van der Waals surface area contributed by atoms with Crippen LogP contribution in [0.3, 0.4) is 0 Å². The Morgan fingerprint density at radius 1 is 0.647 bits per heavy atom. The van der Waals surface area contributed by atoms with E-state index in [-0.39, 0.29) is 7.25 Å². The van der Waals surface area contributed by atoms with Gasteiger partial charge in [0, 0.05) is 0 Å². The minimum atomic E-state index is -4.89.